The number of likely N-dealkylation sites (tertiary alicyclic amines) is 1. The highest BCUT2D eigenvalue weighted by atomic mass is 16.2. The van der Waals surface area contributed by atoms with Gasteiger partial charge in [-0.2, -0.15) is 0 Å². The van der Waals surface area contributed by atoms with Crippen molar-refractivity contribution in [1.82, 2.24) is 15.1 Å². The second-order valence-corrected chi connectivity index (χ2v) is 4.94. The first-order valence-corrected chi connectivity index (χ1v) is 6.51. The molecular weight excluding hydrogens is 202 g/mol. The summed E-state index contributed by atoms with van der Waals surface area (Å²) in [6.45, 7) is 3.95. The molecule has 0 aliphatic carbocycles. The maximum atomic E-state index is 12.2. The third kappa shape index (κ3) is 2.67. The van der Waals surface area contributed by atoms with Crippen LogP contribution in [-0.2, 0) is 0 Å². The number of nitrogens with one attached hydrogen (secondary N) is 1. The summed E-state index contributed by atoms with van der Waals surface area (Å²) in [4.78, 5) is 16.2. The lowest BCUT2D eigenvalue weighted by Gasteiger charge is -2.37. The number of hydrogen-bond donors (Lipinski definition) is 1. The standard InChI is InChI=1S/C12H23N3O/c1-14(11-6-5-7-13-10-11)12(16)15-8-3-2-4-9-15/h11,13H,2-10H2,1H3/t11-/m0/s1. The molecule has 2 fully saturated rings. The van der Waals surface area contributed by atoms with Crippen LogP contribution in [0.3, 0.4) is 0 Å². The number of hydrogen-bond acceptors (Lipinski definition) is 2. The number of nitrogens with zero attached hydrogens (tertiary/aromatic N) is 2. The molecule has 0 radical (unpaired) electrons. The second kappa shape index (κ2) is 5.53. The molecule has 2 aliphatic rings. The predicted molar refractivity (Wildman–Crippen MR) is 64.5 cm³/mol. The first kappa shape index (κ1) is 11.7. The Morgan fingerprint density at radius 2 is 2.00 bits per heavy atom. The van der Waals surface area contributed by atoms with Crippen molar-refractivity contribution in [3.05, 3.63) is 0 Å². The Balaban J connectivity index is 1.86. The number of carbonyl (C=O) groups is 1. The van der Waals surface area contributed by atoms with E-state index in [1.54, 1.807) is 0 Å². The number of piperidine rings is 2. The summed E-state index contributed by atoms with van der Waals surface area (Å²) >= 11 is 0. The molecule has 4 heteroatoms. The van der Waals surface area contributed by atoms with Crippen molar-refractivity contribution < 1.29 is 4.79 Å². The van der Waals surface area contributed by atoms with Crippen LogP contribution >= 0.6 is 0 Å². The van der Waals surface area contributed by atoms with Crippen LogP contribution in [0.1, 0.15) is 32.1 Å². The van der Waals surface area contributed by atoms with Crippen molar-refractivity contribution in [3.8, 4) is 0 Å². The van der Waals surface area contributed by atoms with Crippen LogP contribution in [0.5, 0.6) is 0 Å². The van der Waals surface area contributed by atoms with Crippen molar-refractivity contribution in [3.63, 3.8) is 0 Å². The molecule has 2 aliphatic heterocycles. The SMILES string of the molecule is CN(C(=O)N1CCCCC1)[C@H]1CCCNC1. The van der Waals surface area contributed by atoms with E-state index in [1.807, 2.05) is 16.8 Å². The van der Waals surface area contributed by atoms with Crippen LogP contribution in [0.15, 0.2) is 0 Å². The van der Waals surface area contributed by atoms with Gasteiger partial charge in [-0.3, -0.25) is 0 Å². The maximum absolute atomic E-state index is 12.2. The molecule has 0 aromatic carbocycles. The summed E-state index contributed by atoms with van der Waals surface area (Å²) in [5.41, 5.74) is 0. The molecule has 1 atom stereocenters. The largest absolute Gasteiger partial charge is 0.325 e. The van der Waals surface area contributed by atoms with Crippen LogP contribution in [0, 0.1) is 0 Å². The quantitative estimate of drug-likeness (QED) is 0.729. The van der Waals surface area contributed by atoms with Gasteiger partial charge in [-0.05, 0) is 38.6 Å². The molecule has 4 nitrogen and oxygen atoms in total. The van der Waals surface area contributed by atoms with Crippen molar-refractivity contribution in [2.24, 2.45) is 0 Å². The minimum absolute atomic E-state index is 0.230. The lowest BCUT2D eigenvalue weighted by Crippen LogP contribution is -2.52. The Morgan fingerprint density at radius 3 is 2.62 bits per heavy atom. The molecule has 2 rings (SSSR count). The highest BCUT2D eigenvalue weighted by molar-refractivity contribution is 5.74. The molecular formula is C12H23N3O. The van der Waals surface area contributed by atoms with Gasteiger partial charge in [0.25, 0.3) is 0 Å². The fraction of sp³-hybridized carbons (Fsp3) is 0.917. The molecule has 0 spiro atoms. The van der Waals surface area contributed by atoms with Crippen LogP contribution < -0.4 is 5.32 Å². The fourth-order valence-electron chi connectivity index (χ4n) is 2.63. The summed E-state index contributed by atoms with van der Waals surface area (Å²) in [5, 5.41) is 3.36. The normalized spacial score (nSPS) is 26.6. The maximum Gasteiger partial charge on any atom is 0.320 e. The highest BCUT2D eigenvalue weighted by Gasteiger charge is 2.26. The van der Waals surface area contributed by atoms with Gasteiger partial charge in [0.2, 0.25) is 0 Å². The summed E-state index contributed by atoms with van der Waals surface area (Å²) in [7, 11) is 1.95. The number of urea groups is 1. The number of rotatable bonds is 1. The molecule has 2 amide bonds. The minimum atomic E-state index is 0.230. The van der Waals surface area contributed by atoms with E-state index in [0.29, 0.717) is 6.04 Å². The Hall–Kier alpha value is -0.770. The minimum Gasteiger partial charge on any atom is -0.325 e. The first-order valence-electron chi connectivity index (χ1n) is 6.51. The van der Waals surface area contributed by atoms with Crippen LogP contribution in [-0.4, -0.2) is 55.1 Å². The summed E-state index contributed by atoms with van der Waals surface area (Å²) in [6, 6.07) is 0.622. The third-order valence-corrected chi connectivity index (χ3v) is 3.75. The van der Waals surface area contributed by atoms with Crippen LogP contribution in [0.2, 0.25) is 0 Å². The molecule has 2 heterocycles. The van der Waals surface area contributed by atoms with E-state index in [-0.39, 0.29) is 6.03 Å². The molecule has 92 valence electrons. The van der Waals surface area contributed by atoms with E-state index >= 15 is 0 Å². The van der Waals surface area contributed by atoms with Gasteiger partial charge in [-0.1, -0.05) is 0 Å². The Labute approximate surface area is 98.0 Å². The Morgan fingerprint density at radius 1 is 1.25 bits per heavy atom. The van der Waals surface area contributed by atoms with Crippen molar-refractivity contribution in [1.29, 1.82) is 0 Å². The number of amides is 2. The zero-order chi connectivity index (χ0) is 11.4. The highest BCUT2D eigenvalue weighted by Crippen LogP contribution is 2.14. The smallest absolute Gasteiger partial charge is 0.320 e. The number of carbonyl (C=O) groups excluding carboxylic acids is 1. The predicted octanol–water partition coefficient (Wildman–Crippen LogP) is 1.28. The van der Waals surface area contributed by atoms with Crippen molar-refractivity contribution in [2.45, 2.75) is 38.1 Å². The average Bonchev–Trinajstić information content (AvgIpc) is 2.39. The molecule has 1 N–H and O–H groups in total. The van der Waals surface area contributed by atoms with Gasteiger partial charge in [0.1, 0.15) is 0 Å². The van der Waals surface area contributed by atoms with Gasteiger partial charge in [-0.25, -0.2) is 4.79 Å². The van der Waals surface area contributed by atoms with E-state index in [9.17, 15) is 4.79 Å². The Kier molecular flexibility index (Phi) is 4.04. The van der Waals surface area contributed by atoms with Crippen LogP contribution in [0.4, 0.5) is 4.79 Å². The Bertz CT molecular complexity index is 232. The molecule has 2 saturated heterocycles. The molecule has 0 saturated carbocycles. The average molecular weight is 225 g/mol. The van der Waals surface area contributed by atoms with E-state index < -0.39 is 0 Å². The van der Waals surface area contributed by atoms with Crippen molar-refractivity contribution in [2.75, 3.05) is 33.2 Å². The molecule has 0 aromatic heterocycles. The number of likely N-dealkylation sites (N-methyl/N-ethyl adjacent to an activating group) is 1. The monoisotopic (exact) mass is 225 g/mol. The van der Waals surface area contributed by atoms with E-state index in [1.165, 1.54) is 25.7 Å². The van der Waals surface area contributed by atoms with Gasteiger partial charge >= 0.3 is 6.03 Å². The summed E-state index contributed by atoms with van der Waals surface area (Å²) in [6.07, 6.45) is 5.94. The third-order valence-electron chi connectivity index (χ3n) is 3.75. The zero-order valence-electron chi connectivity index (χ0n) is 10.2. The molecule has 0 unspecified atom stereocenters. The van der Waals surface area contributed by atoms with E-state index in [0.717, 1.165) is 32.6 Å². The fourth-order valence-corrected chi connectivity index (χ4v) is 2.63. The summed E-state index contributed by atoms with van der Waals surface area (Å²) < 4.78 is 0. The van der Waals surface area contributed by atoms with Crippen molar-refractivity contribution >= 4 is 6.03 Å². The topological polar surface area (TPSA) is 35.6 Å². The van der Waals surface area contributed by atoms with E-state index in [2.05, 4.69) is 5.32 Å². The zero-order valence-corrected chi connectivity index (χ0v) is 10.2. The molecule has 0 aromatic rings. The van der Waals surface area contributed by atoms with Gasteiger partial charge in [-0.15, -0.1) is 0 Å². The molecule has 0 bridgehead atoms. The van der Waals surface area contributed by atoms with Gasteiger partial charge in [0, 0.05) is 32.7 Å². The van der Waals surface area contributed by atoms with Gasteiger partial charge < -0.3 is 15.1 Å². The second-order valence-electron chi connectivity index (χ2n) is 4.94. The van der Waals surface area contributed by atoms with E-state index in [4.69, 9.17) is 0 Å². The van der Waals surface area contributed by atoms with Gasteiger partial charge in [0.15, 0.2) is 0 Å². The summed E-state index contributed by atoms with van der Waals surface area (Å²) in [5.74, 6) is 0. The lowest BCUT2D eigenvalue weighted by atomic mass is 10.1. The first-order chi connectivity index (χ1) is 7.79. The molecule has 16 heavy (non-hydrogen) atoms. The lowest BCUT2D eigenvalue weighted by molar-refractivity contribution is 0.130. The van der Waals surface area contributed by atoms with Gasteiger partial charge in [0.05, 0.1) is 0 Å². The van der Waals surface area contributed by atoms with Crippen LogP contribution in [0.25, 0.3) is 0 Å².